The summed E-state index contributed by atoms with van der Waals surface area (Å²) in [5, 5.41) is 0.421. The number of carbonyl (C=O) groups is 2. The zero-order valence-electron chi connectivity index (χ0n) is 22.7. The first-order valence-electron chi connectivity index (χ1n) is 12.7. The third-order valence-corrected chi connectivity index (χ3v) is 9.77. The zero-order chi connectivity index (χ0) is 28.1. The lowest BCUT2D eigenvalue weighted by Crippen LogP contribution is -2.42. The van der Waals surface area contributed by atoms with Gasteiger partial charge in [-0.1, -0.05) is 17.7 Å². The molecule has 2 aliphatic heterocycles. The lowest BCUT2D eigenvalue weighted by Gasteiger charge is -2.31. The van der Waals surface area contributed by atoms with E-state index in [1.807, 2.05) is 20.8 Å². The summed E-state index contributed by atoms with van der Waals surface area (Å²) in [6, 6.07) is 11.2. The van der Waals surface area contributed by atoms with Crippen LogP contribution in [0.5, 0.6) is 5.75 Å². The summed E-state index contributed by atoms with van der Waals surface area (Å²) in [5.74, 6) is 0.372. The summed E-state index contributed by atoms with van der Waals surface area (Å²) in [6.45, 7) is 11.6. The largest absolute Gasteiger partial charge is 0.490 e. The van der Waals surface area contributed by atoms with Gasteiger partial charge >= 0.3 is 6.09 Å². The first-order valence-corrected chi connectivity index (χ1v) is 14.5. The van der Waals surface area contributed by atoms with Crippen molar-refractivity contribution in [2.45, 2.75) is 63.2 Å². The van der Waals surface area contributed by atoms with Crippen molar-refractivity contribution in [1.29, 1.82) is 0 Å². The van der Waals surface area contributed by atoms with Crippen LogP contribution in [0.15, 0.2) is 47.4 Å². The molecule has 1 atom stereocenters. The van der Waals surface area contributed by atoms with E-state index in [0.29, 0.717) is 28.6 Å². The lowest BCUT2D eigenvalue weighted by atomic mass is 9.93. The van der Waals surface area contributed by atoms with Crippen LogP contribution >= 0.6 is 11.6 Å². The van der Waals surface area contributed by atoms with Gasteiger partial charge in [-0.3, -0.25) is 4.79 Å². The number of hydrogen-bond acceptors (Lipinski definition) is 6. The van der Waals surface area contributed by atoms with E-state index in [1.54, 1.807) is 43.9 Å². The van der Waals surface area contributed by atoms with E-state index in [0.717, 1.165) is 0 Å². The number of ether oxygens (including phenoxy) is 2. The molecular formula is C28H35ClN2O6S. The molecule has 1 unspecified atom stereocenters. The van der Waals surface area contributed by atoms with Crippen LogP contribution in [0.4, 0.5) is 10.5 Å². The van der Waals surface area contributed by atoms with Gasteiger partial charge in [-0.15, -0.1) is 0 Å². The maximum Gasteiger partial charge on any atom is 0.410 e. The maximum atomic E-state index is 14.3. The molecule has 10 heteroatoms. The number of benzene rings is 2. The lowest BCUT2D eigenvalue weighted by molar-refractivity contribution is -0.127. The molecule has 0 saturated carbocycles. The second kappa shape index (κ2) is 9.75. The Morgan fingerprint density at radius 3 is 2.39 bits per heavy atom. The number of fused-ring (bicyclic) bond motifs is 1. The average Bonchev–Trinajstić information content (AvgIpc) is 3.27. The van der Waals surface area contributed by atoms with Crippen LogP contribution in [0.3, 0.4) is 0 Å². The Balaban J connectivity index is 1.84. The van der Waals surface area contributed by atoms with E-state index >= 15 is 0 Å². The Morgan fingerprint density at radius 2 is 1.79 bits per heavy atom. The normalized spacial score (nSPS) is 21.5. The summed E-state index contributed by atoms with van der Waals surface area (Å²) >= 11 is 6.04. The Bertz CT molecular complexity index is 1350. The highest BCUT2D eigenvalue weighted by Gasteiger charge is 2.53. The van der Waals surface area contributed by atoms with E-state index in [9.17, 15) is 18.0 Å². The van der Waals surface area contributed by atoms with Crippen LogP contribution in [0.25, 0.3) is 0 Å². The Hall–Kier alpha value is -2.78. The quantitative estimate of drug-likeness (QED) is 0.494. The van der Waals surface area contributed by atoms with Gasteiger partial charge in [0.15, 0.2) is 9.84 Å². The average molecular weight is 563 g/mol. The smallest absolute Gasteiger partial charge is 0.410 e. The highest BCUT2D eigenvalue weighted by molar-refractivity contribution is 7.92. The highest BCUT2D eigenvalue weighted by atomic mass is 35.5. The molecule has 0 aromatic heterocycles. The molecule has 2 heterocycles. The van der Waals surface area contributed by atoms with Crippen molar-refractivity contribution >= 4 is 39.1 Å². The molecule has 38 heavy (non-hydrogen) atoms. The highest BCUT2D eigenvalue weighted by Crippen LogP contribution is 2.47. The summed E-state index contributed by atoms with van der Waals surface area (Å²) in [6.07, 6.45) is -0.404. The molecule has 2 aliphatic rings. The number of likely N-dealkylation sites (tertiary alicyclic amines) is 1. The van der Waals surface area contributed by atoms with Crippen molar-refractivity contribution in [2.24, 2.45) is 5.41 Å². The number of rotatable bonds is 4. The second-order valence-corrected chi connectivity index (χ2v) is 14.2. The Kier molecular flexibility index (Phi) is 7.25. The van der Waals surface area contributed by atoms with Crippen LogP contribution in [-0.4, -0.2) is 57.2 Å². The van der Waals surface area contributed by atoms with Crippen molar-refractivity contribution in [3.63, 3.8) is 0 Å². The number of nitrogens with zero attached hydrogens (tertiary/aromatic N) is 2. The van der Waals surface area contributed by atoms with Crippen molar-refractivity contribution in [2.75, 3.05) is 31.1 Å². The molecule has 206 valence electrons. The molecule has 0 aliphatic carbocycles. The molecule has 1 fully saturated rings. The van der Waals surface area contributed by atoms with Crippen LogP contribution in [0.2, 0.25) is 5.02 Å². The van der Waals surface area contributed by atoms with Crippen LogP contribution < -0.4 is 9.64 Å². The maximum absolute atomic E-state index is 14.3. The first kappa shape index (κ1) is 28.2. The fourth-order valence-electron chi connectivity index (χ4n) is 4.96. The van der Waals surface area contributed by atoms with E-state index in [2.05, 4.69) is 0 Å². The van der Waals surface area contributed by atoms with E-state index in [4.69, 9.17) is 21.1 Å². The predicted octanol–water partition coefficient (Wildman–Crippen LogP) is 5.42. The molecule has 0 radical (unpaired) electrons. The van der Waals surface area contributed by atoms with E-state index in [-0.39, 0.29) is 36.9 Å². The van der Waals surface area contributed by atoms with Crippen LogP contribution in [0, 0.1) is 5.41 Å². The van der Waals surface area contributed by atoms with Gasteiger partial charge in [0.1, 0.15) is 22.7 Å². The Morgan fingerprint density at radius 1 is 1.13 bits per heavy atom. The summed E-state index contributed by atoms with van der Waals surface area (Å²) < 4.78 is 38.8. The molecular weight excluding hydrogens is 528 g/mol. The topological polar surface area (TPSA) is 93.2 Å². The first-order chi connectivity index (χ1) is 17.6. The summed E-state index contributed by atoms with van der Waals surface area (Å²) in [5.41, 5.74) is -0.394. The molecule has 0 spiro atoms. The number of amides is 2. The number of sulfone groups is 1. The molecule has 1 saturated heterocycles. The fourth-order valence-corrected chi connectivity index (χ4v) is 7.15. The molecule has 2 aromatic carbocycles. The molecule has 2 amide bonds. The van der Waals surface area contributed by atoms with Gasteiger partial charge in [-0.05, 0) is 89.9 Å². The van der Waals surface area contributed by atoms with Crippen molar-refractivity contribution < 1.29 is 27.5 Å². The van der Waals surface area contributed by atoms with Crippen LogP contribution in [0.1, 0.15) is 53.5 Å². The monoisotopic (exact) mass is 562 g/mol. The van der Waals surface area contributed by atoms with Gasteiger partial charge in [0.2, 0.25) is 5.91 Å². The number of anilines is 1. The molecule has 0 bridgehead atoms. The van der Waals surface area contributed by atoms with E-state index < -0.39 is 31.7 Å². The number of hydrogen-bond donors (Lipinski definition) is 0. The van der Waals surface area contributed by atoms with E-state index in [1.165, 1.54) is 29.2 Å². The zero-order valence-corrected chi connectivity index (χ0v) is 24.3. The van der Waals surface area contributed by atoms with Crippen LogP contribution in [-0.2, 0) is 24.1 Å². The van der Waals surface area contributed by atoms with Gasteiger partial charge in [0.25, 0.3) is 0 Å². The third-order valence-electron chi connectivity index (χ3n) is 7.03. The minimum absolute atomic E-state index is 0.0630. The van der Waals surface area contributed by atoms with Gasteiger partial charge in [-0.25, -0.2) is 13.2 Å². The van der Waals surface area contributed by atoms with Crippen molar-refractivity contribution in [1.82, 2.24) is 4.90 Å². The number of carbonyl (C=O) groups excluding carboxylic acids is 2. The number of halogens is 1. The van der Waals surface area contributed by atoms with Gasteiger partial charge in [0.05, 0.1) is 16.0 Å². The molecule has 4 rings (SSSR count). The molecule has 2 aromatic rings. The summed E-state index contributed by atoms with van der Waals surface area (Å²) in [7, 11) is -4.01. The summed E-state index contributed by atoms with van der Waals surface area (Å²) in [4.78, 5) is 29.3. The van der Waals surface area contributed by atoms with Gasteiger partial charge in [0, 0.05) is 24.7 Å². The third kappa shape index (κ3) is 4.98. The Labute approximate surface area is 229 Å². The minimum atomic E-state index is -4.01. The standard InChI is InChI=1S/C28H35ClN2O6S/c1-7-31-22-13-8-19(16-23(22)36-18-27(5,6)24(31)32)28(38(34,35)21-11-9-20(29)10-12-21)14-15-30(17-28)25(33)37-26(2,3)4/h8-13,16H,7,14-15,17-18H2,1-6H3. The van der Waals surface area contributed by atoms with Crippen molar-refractivity contribution in [3.05, 3.63) is 53.1 Å². The molecule has 0 N–H and O–H groups in total. The van der Waals surface area contributed by atoms with Gasteiger partial charge in [-0.2, -0.15) is 0 Å². The fraction of sp³-hybridized carbons (Fsp3) is 0.500. The molecule has 8 nitrogen and oxygen atoms in total. The second-order valence-electron chi connectivity index (χ2n) is 11.5. The predicted molar refractivity (Wildman–Crippen MR) is 146 cm³/mol. The van der Waals surface area contributed by atoms with Crippen molar-refractivity contribution in [3.8, 4) is 5.75 Å². The van der Waals surface area contributed by atoms with Gasteiger partial charge < -0.3 is 19.3 Å². The SMILES string of the molecule is CCN1C(=O)C(C)(C)COc2cc(C3(S(=O)(=O)c4ccc(Cl)cc4)CCN(C(=O)OC(C)(C)C)C3)ccc21. The minimum Gasteiger partial charge on any atom is -0.490 e.